The minimum Gasteiger partial charge on any atom is -0.480 e. The highest BCUT2D eigenvalue weighted by Crippen LogP contribution is 2.19. The lowest BCUT2D eigenvalue weighted by molar-refractivity contribution is -0.192. The molecule has 1 aliphatic heterocycles. The van der Waals surface area contributed by atoms with Gasteiger partial charge in [-0.2, -0.15) is 13.2 Å². The van der Waals surface area contributed by atoms with Crippen molar-refractivity contribution < 1.29 is 37.8 Å². The van der Waals surface area contributed by atoms with Crippen LogP contribution < -0.4 is 5.32 Å². The van der Waals surface area contributed by atoms with Crippen LogP contribution in [0.4, 0.5) is 13.2 Å². The van der Waals surface area contributed by atoms with Gasteiger partial charge >= 0.3 is 18.1 Å². The lowest BCUT2D eigenvalue weighted by Gasteiger charge is -2.39. The monoisotopic (exact) mass is 397 g/mol. The fourth-order valence-electron chi connectivity index (χ4n) is 2.74. The Kier molecular flexibility index (Phi) is 8.48. The molecular formula is C16H26F3N3O5. The Morgan fingerprint density at radius 1 is 1.07 bits per heavy atom. The van der Waals surface area contributed by atoms with E-state index in [2.05, 4.69) is 10.2 Å². The normalized spacial score (nSPS) is 20.8. The Bertz CT molecular complexity index is 532. The fraction of sp³-hybridized carbons (Fsp3) is 0.812. The molecule has 0 aromatic heterocycles. The van der Waals surface area contributed by atoms with Gasteiger partial charge in [-0.3, -0.25) is 19.4 Å². The summed E-state index contributed by atoms with van der Waals surface area (Å²) in [4.78, 5) is 36.2. The van der Waals surface area contributed by atoms with Crippen molar-refractivity contribution in [2.24, 2.45) is 0 Å². The number of halogens is 3. The zero-order valence-electron chi connectivity index (χ0n) is 15.3. The van der Waals surface area contributed by atoms with Crippen LogP contribution in [0.25, 0.3) is 0 Å². The van der Waals surface area contributed by atoms with Gasteiger partial charge in [-0.1, -0.05) is 6.92 Å². The molecule has 2 rings (SSSR count). The minimum atomic E-state index is -5.08. The highest BCUT2D eigenvalue weighted by atomic mass is 19.4. The van der Waals surface area contributed by atoms with E-state index in [9.17, 15) is 27.9 Å². The van der Waals surface area contributed by atoms with E-state index < -0.39 is 24.2 Å². The maximum absolute atomic E-state index is 12.0. The molecule has 1 heterocycles. The molecule has 0 aromatic carbocycles. The van der Waals surface area contributed by atoms with Crippen molar-refractivity contribution in [2.75, 3.05) is 26.2 Å². The first-order valence-electron chi connectivity index (χ1n) is 8.78. The smallest absolute Gasteiger partial charge is 0.480 e. The number of alkyl halides is 3. The maximum Gasteiger partial charge on any atom is 0.490 e. The maximum atomic E-state index is 12.0. The van der Waals surface area contributed by atoms with Crippen LogP contribution in [-0.4, -0.2) is 88.3 Å². The van der Waals surface area contributed by atoms with Gasteiger partial charge in [-0.25, -0.2) is 4.79 Å². The van der Waals surface area contributed by atoms with Crippen molar-refractivity contribution >= 4 is 17.8 Å². The van der Waals surface area contributed by atoms with E-state index in [0.717, 1.165) is 25.9 Å². The van der Waals surface area contributed by atoms with Gasteiger partial charge in [0.15, 0.2) is 0 Å². The van der Waals surface area contributed by atoms with Crippen molar-refractivity contribution in [3.63, 3.8) is 0 Å². The van der Waals surface area contributed by atoms with E-state index in [1.165, 1.54) is 0 Å². The number of hydrogen-bond acceptors (Lipinski definition) is 5. The minimum absolute atomic E-state index is 0.103. The summed E-state index contributed by atoms with van der Waals surface area (Å²) in [5, 5.41) is 19.3. The first-order chi connectivity index (χ1) is 12.5. The van der Waals surface area contributed by atoms with Crippen LogP contribution in [0.1, 0.15) is 33.1 Å². The SMILES string of the molecule is CCC(C(=O)O)N1CCN(C(C)C(=O)NC2CC2)CC1.O=C(O)C(F)(F)F. The number of rotatable bonds is 6. The second kappa shape index (κ2) is 9.88. The Labute approximate surface area is 155 Å². The number of carbonyl (C=O) groups is 3. The molecule has 1 saturated heterocycles. The van der Waals surface area contributed by atoms with Gasteiger partial charge in [0.25, 0.3) is 0 Å². The molecule has 1 saturated carbocycles. The summed E-state index contributed by atoms with van der Waals surface area (Å²) >= 11 is 0. The predicted octanol–water partition coefficient (Wildman–Crippen LogP) is 0.768. The van der Waals surface area contributed by atoms with Gasteiger partial charge in [-0.05, 0) is 26.2 Å². The molecule has 2 aliphatic rings. The molecule has 1 amide bonds. The average Bonchev–Trinajstić information content (AvgIpc) is 3.38. The number of carboxylic acids is 2. The zero-order chi connectivity index (χ0) is 20.8. The van der Waals surface area contributed by atoms with Gasteiger partial charge in [0.2, 0.25) is 5.91 Å². The number of piperazine rings is 1. The third-order valence-corrected chi connectivity index (χ3v) is 4.55. The molecule has 0 radical (unpaired) electrons. The van der Waals surface area contributed by atoms with E-state index in [0.29, 0.717) is 25.6 Å². The van der Waals surface area contributed by atoms with Crippen LogP contribution >= 0.6 is 0 Å². The second-order valence-corrected chi connectivity index (χ2v) is 6.60. The van der Waals surface area contributed by atoms with E-state index in [-0.39, 0.29) is 11.9 Å². The van der Waals surface area contributed by atoms with Crippen LogP contribution in [0.2, 0.25) is 0 Å². The van der Waals surface area contributed by atoms with E-state index in [4.69, 9.17) is 9.90 Å². The number of hydrogen-bond donors (Lipinski definition) is 3. The quantitative estimate of drug-likeness (QED) is 0.607. The zero-order valence-corrected chi connectivity index (χ0v) is 15.3. The van der Waals surface area contributed by atoms with Crippen LogP contribution in [-0.2, 0) is 14.4 Å². The number of carbonyl (C=O) groups excluding carboxylic acids is 1. The first-order valence-corrected chi connectivity index (χ1v) is 8.78. The first kappa shape index (κ1) is 23.2. The number of amides is 1. The van der Waals surface area contributed by atoms with Gasteiger partial charge < -0.3 is 15.5 Å². The largest absolute Gasteiger partial charge is 0.490 e. The van der Waals surface area contributed by atoms with Crippen molar-refractivity contribution in [1.29, 1.82) is 0 Å². The summed E-state index contributed by atoms with van der Waals surface area (Å²) in [6, 6.07) is -0.127. The molecule has 2 atom stereocenters. The molecule has 11 heteroatoms. The Balaban J connectivity index is 0.000000445. The van der Waals surface area contributed by atoms with Gasteiger partial charge in [0, 0.05) is 32.2 Å². The summed E-state index contributed by atoms with van der Waals surface area (Å²) in [5.74, 6) is -3.40. The Hall–Kier alpha value is -1.88. The van der Waals surface area contributed by atoms with Gasteiger partial charge in [0.05, 0.1) is 6.04 Å². The van der Waals surface area contributed by atoms with Crippen molar-refractivity contribution in [1.82, 2.24) is 15.1 Å². The standard InChI is InChI=1S/C14H25N3O3.C2HF3O2/c1-3-12(14(19)20)17-8-6-16(7-9-17)10(2)13(18)15-11-4-5-11;3-2(4,5)1(6)7/h10-12H,3-9H2,1-2H3,(H,15,18)(H,19,20);(H,6,7). The molecule has 3 N–H and O–H groups in total. The highest BCUT2D eigenvalue weighted by Gasteiger charge is 2.38. The summed E-state index contributed by atoms with van der Waals surface area (Å²) < 4.78 is 31.7. The van der Waals surface area contributed by atoms with Crippen molar-refractivity contribution in [2.45, 2.75) is 57.4 Å². The average molecular weight is 397 g/mol. The molecule has 1 aliphatic carbocycles. The third-order valence-electron chi connectivity index (χ3n) is 4.55. The number of aliphatic carboxylic acids is 2. The molecule has 0 bridgehead atoms. The highest BCUT2D eigenvalue weighted by molar-refractivity contribution is 5.81. The topological polar surface area (TPSA) is 110 Å². The molecule has 2 fully saturated rings. The molecule has 8 nitrogen and oxygen atoms in total. The second-order valence-electron chi connectivity index (χ2n) is 6.60. The lowest BCUT2D eigenvalue weighted by atomic mass is 10.1. The molecule has 156 valence electrons. The van der Waals surface area contributed by atoms with Crippen LogP contribution in [0, 0.1) is 0 Å². The van der Waals surface area contributed by atoms with Gasteiger partial charge in [0.1, 0.15) is 6.04 Å². The van der Waals surface area contributed by atoms with Crippen LogP contribution in [0.15, 0.2) is 0 Å². The summed E-state index contributed by atoms with van der Waals surface area (Å²) in [7, 11) is 0. The molecule has 27 heavy (non-hydrogen) atoms. The third kappa shape index (κ3) is 7.71. The molecular weight excluding hydrogens is 371 g/mol. The van der Waals surface area contributed by atoms with Crippen molar-refractivity contribution in [3.05, 3.63) is 0 Å². The molecule has 0 aromatic rings. The number of nitrogens with one attached hydrogen (secondary N) is 1. The van der Waals surface area contributed by atoms with Gasteiger partial charge in [-0.15, -0.1) is 0 Å². The van der Waals surface area contributed by atoms with Crippen LogP contribution in [0.3, 0.4) is 0 Å². The Morgan fingerprint density at radius 3 is 1.85 bits per heavy atom. The molecule has 2 unspecified atom stereocenters. The van der Waals surface area contributed by atoms with E-state index >= 15 is 0 Å². The summed E-state index contributed by atoms with van der Waals surface area (Å²) in [5.41, 5.74) is 0. The van der Waals surface area contributed by atoms with Crippen molar-refractivity contribution in [3.8, 4) is 0 Å². The van der Waals surface area contributed by atoms with E-state index in [1.807, 2.05) is 18.7 Å². The summed E-state index contributed by atoms with van der Waals surface area (Å²) in [6.07, 6.45) is -2.26. The lowest BCUT2D eigenvalue weighted by Crippen LogP contribution is -2.57. The fourth-order valence-corrected chi connectivity index (χ4v) is 2.74. The Morgan fingerprint density at radius 2 is 1.52 bits per heavy atom. The summed E-state index contributed by atoms with van der Waals surface area (Å²) in [6.45, 7) is 6.77. The molecule has 0 spiro atoms. The number of carboxylic acid groups (broad SMARTS) is 2. The van der Waals surface area contributed by atoms with Crippen LogP contribution in [0.5, 0.6) is 0 Å². The number of nitrogens with zero attached hydrogens (tertiary/aromatic N) is 2. The van der Waals surface area contributed by atoms with E-state index in [1.54, 1.807) is 0 Å². The predicted molar refractivity (Wildman–Crippen MR) is 89.2 cm³/mol.